The molecule has 0 atom stereocenters. The molecule has 4 nitrogen and oxygen atoms in total. The number of thiophene rings is 1. The maximum Gasteiger partial charge on any atom is 0.178 e. The Bertz CT molecular complexity index is 986. The molecule has 0 spiro atoms. The van der Waals surface area contributed by atoms with Gasteiger partial charge in [-0.1, -0.05) is 6.07 Å². The molecule has 1 fully saturated rings. The standard InChI is InChI=1S/C22H22O4S2/c23-28(24,16-17-11-13-25-14-12-17)21-9-7-20(8-10-21)26-19-5-3-18(4-6-19)22-2-1-15-27-22/h1-10,15,17H,11-14,16H2. The molecule has 4 rings (SSSR count). The van der Waals surface area contributed by atoms with Gasteiger partial charge in [0.2, 0.25) is 0 Å². The zero-order valence-electron chi connectivity index (χ0n) is 15.4. The summed E-state index contributed by atoms with van der Waals surface area (Å²) in [7, 11) is -3.29. The van der Waals surface area contributed by atoms with E-state index in [0.29, 0.717) is 23.9 Å². The quantitative estimate of drug-likeness (QED) is 0.541. The Morgan fingerprint density at radius 1 is 0.929 bits per heavy atom. The van der Waals surface area contributed by atoms with Crippen molar-refractivity contribution in [1.29, 1.82) is 0 Å². The van der Waals surface area contributed by atoms with Gasteiger partial charge in [-0.05, 0) is 84.3 Å². The number of rotatable bonds is 6. The van der Waals surface area contributed by atoms with Crippen molar-refractivity contribution >= 4 is 21.2 Å². The minimum atomic E-state index is -3.29. The molecule has 1 aliphatic rings. The average Bonchev–Trinajstić information content (AvgIpc) is 3.24. The molecule has 0 aliphatic carbocycles. The largest absolute Gasteiger partial charge is 0.457 e. The summed E-state index contributed by atoms with van der Waals surface area (Å²) >= 11 is 1.70. The highest BCUT2D eigenvalue weighted by atomic mass is 32.2. The van der Waals surface area contributed by atoms with Crippen LogP contribution in [0.1, 0.15) is 12.8 Å². The molecule has 0 N–H and O–H groups in total. The Balaban J connectivity index is 1.41. The van der Waals surface area contributed by atoms with Gasteiger partial charge < -0.3 is 9.47 Å². The molecule has 0 bridgehead atoms. The summed E-state index contributed by atoms with van der Waals surface area (Å²) in [6.45, 7) is 1.30. The molecular formula is C22H22O4S2. The Labute approximate surface area is 169 Å². The van der Waals surface area contributed by atoms with E-state index in [1.54, 1.807) is 35.6 Å². The van der Waals surface area contributed by atoms with Crippen LogP contribution in [0.25, 0.3) is 10.4 Å². The van der Waals surface area contributed by atoms with Crippen molar-refractivity contribution in [1.82, 2.24) is 0 Å². The van der Waals surface area contributed by atoms with Gasteiger partial charge in [0.25, 0.3) is 0 Å². The lowest BCUT2D eigenvalue weighted by atomic mass is 10.0. The number of hydrogen-bond donors (Lipinski definition) is 0. The molecule has 6 heteroatoms. The van der Waals surface area contributed by atoms with Crippen molar-refractivity contribution in [3.05, 3.63) is 66.0 Å². The molecule has 0 amide bonds. The highest BCUT2D eigenvalue weighted by molar-refractivity contribution is 7.91. The fraction of sp³-hybridized carbons (Fsp3) is 0.273. The van der Waals surface area contributed by atoms with Gasteiger partial charge in [0.05, 0.1) is 10.6 Å². The third kappa shape index (κ3) is 4.63. The first-order valence-electron chi connectivity index (χ1n) is 9.32. The minimum absolute atomic E-state index is 0.177. The van der Waals surface area contributed by atoms with Crippen LogP contribution >= 0.6 is 11.3 Å². The highest BCUT2D eigenvalue weighted by Gasteiger charge is 2.23. The highest BCUT2D eigenvalue weighted by Crippen LogP contribution is 2.29. The van der Waals surface area contributed by atoms with Crippen molar-refractivity contribution in [3.8, 4) is 21.9 Å². The van der Waals surface area contributed by atoms with Gasteiger partial charge in [-0.25, -0.2) is 8.42 Å². The SMILES string of the molecule is O=S(=O)(CC1CCOCC1)c1ccc(Oc2ccc(-c3cccs3)cc2)cc1. The Morgan fingerprint density at radius 3 is 2.18 bits per heavy atom. The van der Waals surface area contributed by atoms with Gasteiger partial charge in [-0.15, -0.1) is 11.3 Å². The van der Waals surface area contributed by atoms with E-state index in [4.69, 9.17) is 9.47 Å². The summed E-state index contributed by atoms with van der Waals surface area (Å²) in [5.41, 5.74) is 1.15. The Kier molecular flexibility index (Phi) is 5.80. The summed E-state index contributed by atoms with van der Waals surface area (Å²) in [5, 5.41) is 2.05. The maximum atomic E-state index is 12.6. The lowest BCUT2D eigenvalue weighted by Crippen LogP contribution is -2.23. The monoisotopic (exact) mass is 414 g/mol. The molecule has 28 heavy (non-hydrogen) atoms. The third-order valence-corrected chi connectivity index (χ3v) is 7.69. The van der Waals surface area contributed by atoms with Crippen molar-refractivity contribution < 1.29 is 17.9 Å². The van der Waals surface area contributed by atoms with E-state index in [9.17, 15) is 8.42 Å². The molecule has 2 heterocycles. The Morgan fingerprint density at radius 2 is 1.57 bits per heavy atom. The molecular weight excluding hydrogens is 392 g/mol. The summed E-state index contributed by atoms with van der Waals surface area (Å²) in [4.78, 5) is 1.56. The molecule has 1 aliphatic heterocycles. The first kappa shape index (κ1) is 19.2. The fourth-order valence-corrected chi connectivity index (χ4v) is 5.73. The molecule has 0 saturated carbocycles. The van der Waals surface area contributed by atoms with Crippen molar-refractivity contribution in [2.24, 2.45) is 5.92 Å². The summed E-state index contributed by atoms with van der Waals surface area (Å²) < 4.78 is 36.4. The molecule has 3 aromatic rings. The van der Waals surface area contributed by atoms with Crippen molar-refractivity contribution in [3.63, 3.8) is 0 Å². The van der Waals surface area contributed by atoms with Gasteiger partial charge >= 0.3 is 0 Å². The molecule has 0 radical (unpaired) electrons. The lowest BCUT2D eigenvalue weighted by Gasteiger charge is -2.21. The van der Waals surface area contributed by atoms with Crippen LogP contribution in [0.15, 0.2) is 70.9 Å². The van der Waals surface area contributed by atoms with E-state index < -0.39 is 9.84 Å². The van der Waals surface area contributed by atoms with Crippen LogP contribution in [0, 0.1) is 5.92 Å². The Hall–Kier alpha value is -2.15. The zero-order chi connectivity index (χ0) is 19.4. The topological polar surface area (TPSA) is 52.6 Å². The van der Waals surface area contributed by atoms with Crippen LogP contribution in [0.5, 0.6) is 11.5 Å². The maximum absolute atomic E-state index is 12.6. The molecule has 1 aromatic heterocycles. The third-order valence-electron chi connectivity index (χ3n) is 4.87. The van der Waals surface area contributed by atoms with Crippen molar-refractivity contribution in [2.45, 2.75) is 17.7 Å². The second kappa shape index (κ2) is 8.47. The normalized spacial score (nSPS) is 15.4. The smallest absolute Gasteiger partial charge is 0.178 e. The van der Waals surface area contributed by atoms with E-state index in [-0.39, 0.29) is 11.7 Å². The summed E-state index contributed by atoms with van der Waals surface area (Å²) in [6.07, 6.45) is 1.61. The zero-order valence-corrected chi connectivity index (χ0v) is 17.0. The second-order valence-corrected chi connectivity index (χ2v) is 9.89. The van der Waals surface area contributed by atoms with Gasteiger partial charge in [0, 0.05) is 18.1 Å². The first-order valence-corrected chi connectivity index (χ1v) is 11.9. The van der Waals surface area contributed by atoms with Crippen LogP contribution in [0.2, 0.25) is 0 Å². The van der Waals surface area contributed by atoms with Crippen molar-refractivity contribution in [2.75, 3.05) is 19.0 Å². The van der Waals surface area contributed by atoms with Gasteiger partial charge in [0.15, 0.2) is 9.84 Å². The first-order chi connectivity index (χ1) is 13.6. The number of sulfone groups is 1. The van der Waals surface area contributed by atoms with Crippen LogP contribution in [0.3, 0.4) is 0 Å². The van der Waals surface area contributed by atoms with Gasteiger partial charge in [-0.2, -0.15) is 0 Å². The van der Waals surface area contributed by atoms with E-state index >= 15 is 0 Å². The summed E-state index contributed by atoms with van der Waals surface area (Å²) in [6, 6.07) is 18.7. The van der Waals surface area contributed by atoms with Gasteiger partial charge in [-0.3, -0.25) is 0 Å². The number of ether oxygens (including phenoxy) is 2. The lowest BCUT2D eigenvalue weighted by molar-refractivity contribution is 0.0723. The van der Waals surface area contributed by atoms with Crippen LogP contribution in [0.4, 0.5) is 0 Å². The number of benzene rings is 2. The molecule has 2 aromatic carbocycles. The van der Waals surface area contributed by atoms with Crippen LogP contribution < -0.4 is 4.74 Å². The van der Waals surface area contributed by atoms with Crippen LogP contribution in [-0.2, 0) is 14.6 Å². The van der Waals surface area contributed by atoms with E-state index in [1.807, 2.05) is 30.3 Å². The summed E-state index contributed by atoms with van der Waals surface area (Å²) in [5.74, 6) is 1.70. The average molecular weight is 415 g/mol. The molecule has 146 valence electrons. The predicted molar refractivity (Wildman–Crippen MR) is 112 cm³/mol. The molecule has 1 saturated heterocycles. The van der Waals surface area contributed by atoms with E-state index in [2.05, 4.69) is 11.4 Å². The predicted octanol–water partition coefficient (Wildman–Crippen LogP) is 5.41. The van der Waals surface area contributed by atoms with Crippen LogP contribution in [-0.4, -0.2) is 27.4 Å². The van der Waals surface area contributed by atoms with Gasteiger partial charge in [0.1, 0.15) is 11.5 Å². The second-order valence-electron chi connectivity index (χ2n) is 6.91. The molecule has 0 unspecified atom stereocenters. The van der Waals surface area contributed by atoms with E-state index in [0.717, 1.165) is 24.2 Å². The van der Waals surface area contributed by atoms with E-state index in [1.165, 1.54) is 4.88 Å². The number of hydrogen-bond acceptors (Lipinski definition) is 5. The fourth-order valence-electron chi connectivity index (χ4n) is 3.30. The minimum Gasteiger partial charge on any atom is -0.457 e.